The van der Waals surface area contributed by atoms with E-state index in [1.165, 1.54) is 6.20 Å². The number of amides is 4. The normalized spacial score (nSPS) is 16.3. The van der Waals surface area contributed by atoms with E-state index in [2.05, 4.69) is 15.2 Å². The van der Waals surface area contributed by atoms with Crippen LogP contribution in [0.1, 0.15) is 65.4 Å². The van der Waals surface area contributed by atoms with Crippen molar-refractivity contribution in [3.63, 3.8) is 0 Å². The number of rotatable bonds is 11. The second kappa shape index (κ2) is 11.9. The van der Waals surface area contributed by atoms with Crippen LogP contribution in [-0.2, 0) is 16.1 Å². The average Bonchev–Trinajstić information content (AvgIpc) is 3.24. The molecule has 1 fully saturated rings. The van der Waals surface area contributed by atoms with Crippen molar-refractivity contribution in [3.8, 4) is 5.75 Å². The van der Waals surface area contributed by atoms with Crippen LogP contribution in [-0.4, -0.2) is 59.8 Å². The van der Waals surface area contributed by atoms with E-state index in [4.69, 9.17) is 10.5 Å². The Morgan fingerprint density at radius 1 is 1.24 bits per heavy atom. The number of aromatic nitrogens is 1. The van der Waals surface area contributed by atoms with E-state index in [-0.39, 0.29) is 11.6 Å². The van der Waals surface area contributed by atoms with Crippen molar-refractivity contribution in [2.75, 3.05) is 24.6 Å². The van der Waals surface area contributed by atoms with Gasteiger partial charge in [-0.15, -0.1) is 0 Å². The van der Waals surface area contributed by atoms with Crippen LogP contribution in [0.3, 0.4) is 0 Å². The van der Waals surface area contributed by atoms with Gasteiger partial charge in [-0.25, -0.2) is 4.98 Å². The Balaban J connectivity index is 1.34. The molecule has 0 aliphatic carbocycles. The van der Waals surface area contributed by atoms with Crippen molar-refractivity contribution >= 4 is 29.8 Å². The fraction of sp³-hybridized carbons (Fsp3) is 0.444. The number of anilines is 1. The van der Waals surface area contributed by atoms with Gasteiger partial charge >= 0.3 is 0 Å². The minimum Gasteiger partial charge on any atom is -0.492 e. The van der Waals surface area contributed by atoms with Crippen molar-refractivity contribution < 1.29 is 23.9 Å². The summed E-state index contributed by atoms with van der Waals surface area (Å²) in [6.45, 7) is 4.61. The summed E-state index contributed by atoms with van der Waals surface area (Å²) in [6.07, 6.45) is 6.01. The molecule has 0 saturated carbocycles. The van der Waals surface area contributed by atoms with E-state index in [1.54, 1.807) is 17.0 Å². The number of benzene rings is 1. The van der Waals surface area contributed by atoms with Crippen LogP contribution in [0.2, 0.25) is 0 Å². The summed E-state index contributed by atoms with van der Waals surface area (Å²) in [5, 5.41) is 2.22. The maximum Gasteiger partial charge on any atom is 0.267 e. The zero-order valence-electron chi connectivity index (χ0n) is 21.0. The fourth-order valence-corrected chi connectivity index (χ4v) is 5.16. The van der Waals surface area contributed by atoms with Gasteiger partial charge in [-0.2, -0.15) is 0 Å². The topological polar surface area (TPSA) is 135 Å². The first-order valence-electron chi connectivity index (χ1n) is 12.7. The van der Waals surface area contributed by atoms with Crippen LogP contribution >= 0.6 is 0 Å². The number of nitrogens with two attached hydrogens (primary N) is 1. The predicted octanol–water partition coefficient (Wildman–Crippen LogP) is 2.26. The molecule has 2 aliphatic rings. The Kier molecular flexibility index (Phi) is 8.37. The molecule has 10 nitrogen and oxygen atoms in total. The number of carbonyl (C=O) groups is 4. The molecule has 3 N–H and O–H groups in total. The van der Waals surface area contributed by atoms with Crippen molar-refractivity contribution in [2.24, 2.45) is 11.7 Å². The summed E-state index contributed by atoms with van der Waals surface area (Å²) >= 11 is 0. The van der Waals surface area contributed by atoms with Crippen molar-refractivity contribution in [1.29, 1.82) is 0 Å². The highest BCUT2D eigenvalue weighted by Crippen LogP contribution is 2.35. The molecule has 2 aliphatic heterocycles. The van der Waals surface area contributed by atoms with Gasteiger partial charge in [0.05, 0.1) is 12.8 Å². The molecule has 1 unspecified atom stereocenters. The van der Waals surface area contributed by atoms with Gasteiger partial charge in [-0.05, 0) is 55.9 Å². The SMILES string of the molecule is CCCC(C(=O)NC=O)N1Cc2c(cccc2N2CCC(CCOc3ccc(C(N)=O)nc3)CC2)C1=O. The third-order valence-corrected chi connectivity index (χ3v) is 7.15. The van der Waals surface area contributed by atoms with E-state index in [0.717, 1.165) is 50.0 Å². The van der Waals surface area contributed by atoms with E-state index >= 15 is 0 Å². The second-order valence-corrected chi connectivity index (χ2v) is 9.48. The molecule has 1 atom stereocenters. The molecular formula is C27H33N5O5. The number of imide groups is 1. The highest BCUT2D eigenvalue weighted by atomic mass is 16.5. The van der Waals surface area contributed by atoms with Gasteiger partial charge in [-0.1, -0.05) is 19.4 Å². The molecule has 0 bridgehead atoms. The van der Waals surface area contributed by atoms with Crippen molar-refractivity contribution in [1.82, 2.24) is 15.2 Å². The van der Waals surface area contributed by atoms with E-state index < -0.39 is 17.9 Å². The Hall–Kier alpha value is -3.95. The molecule has 3 heterocycles. The summed E-state index contributed by atoms with van der Waals surface area (Å²) in [5.74, 6) is -0.0443. The van der Waals surface area contributed by atoms with Gasteiger partial charge in [0.2, 0.25) is 12.3 Å². The minimum absolute atomic E-state index is 0.165. The lowest BCUT2D eigenvalue weighted by Crippen LogP contribution is -2.46. The van der Waals surface area contributed by atoms with Crippen molar-refractivity contribution in [2.45, 2.75) is 51.6 Å². The lowest BCUT2D eigenvalue weighted by atomic mass is 9.93. The fourth-order valence-electron chi connectivity index (χ4n) is 5.16. The lowest BCUT2D eigenvalue weighted by molar-refractivity contribution is -0.129. The zero-order valence-corrected chi connectivity index (χ0v) is 21.0. The molecule has 1 aromatic carbocycles. The summed E-state index contributed by atoms with van der Waals surface area (Å²) in [5.41, 5.74) is 8.04. The largest absolute Gasteiger partial charge is 0.492 e. The lowest BCUT2D eigenvalue weighted by Gasteiger charge is -2.35. The number of primary amides is 1. The number of carbonyl (C=O) groups excluding carboxylic acids is 4. The molecule has 1 aromatic heterocycles. The smallest absolute Gasteiger partial charge is 0.267 e. The molecule has 0 radical (unpaired) electrons. The zero-order chi connectivity index (χ0) is 26.4. The van der Waals surface area contributed by atoms with Gasteiger partial charge in [0, 0.05) is 36.4 Å². The Morgan fingerprint density at radius 2 is 2.03 bits per heavy atom. The van der Waals surface area contributed by atoms with E-state index in [1.807, 2.05) is 25.1 Å². The number of nitrogens with one attached hydrogen (secondary N) is 1. The quantitative estimate of drug-likeness (QED) is 0.446. The van der Waals surface area contributed by atoms with Gasteiger partial charge in [-0.3, -0.25) is 24.5 Å². The number of hydrogen-bond donors (Lipinski definition) is 2. The summed E-state index contributed by atoms with van der Waals surface area (Å²) in [6, 6.07) is 8.34. The average molecular weight is 508 g/mol. The Morgan fingerprint density at radius 3 is 2.68 bits per heavy atom. The molecule has 2 aromatic rings. The van der Waals surface area contributed by atoms with Gasteiger partial charge in [0.1, 0.15) is 17.5 Å². The molecule has 0 spiro atoms. The predicted molar refractivity (Wildman–Crippen MR) is 137 cm³/mol. The van der Waals surface area contributed by atoms with Crippen LogP contribution in [0, 0.1) is 5.92 Å². The first-order chi connectivity index (χ1) is 17.9. The Bertz CT molecular complexity index is 1140. The number of nitrogens with zero attached hydrogens (tertiary/aromatic N) is 3. The van der Waals surface area contributed by atoms with Gasteiger partial charge < -0.3 is 20.3 Å². The molecule has 196 valence electrons. The summed E-state index contributed by atoms with van der Waals surface area (Å²) in [7, 11) is 0. The van der Waals surface area contributed by atoms with Crippen LogP contribution in [0.5, 0.6) is 5.75 Å². The molecule has 10 heteroatoms. The van der Waals surface area contributed by atoms with Crippen LogP contribution < -0.4 is 20.7 Å². The highest BCUT2D eigenvalue weighted by Gasteiger charge is 2.38. The summed E-state index contributed by atoms with van der Waals surface area (Å²) < 4.78 is 5.79. The maximum atomic E-state index is 13.2. The minimum atomic E-state index is -0.670. The van der Waals surface area contributed by atoms with Crippen LogP contribution in [0.25, 0.3) is 0 Å². The Labute approximate surface area is 216 Å². The monoisotopic (exact) mass is 507 g/mol. The third-order valence-electron chi connectivity index (χ3n) is 7.15. The van der Waals surface area contributed by atoms with Gasteiger partial charge in [0.15, 0.2) is 0 Å². The first-order valence-corrected chi connectivity index (χ1v) is 12.7. The second-order valence-electron chi connectivity index (χ2n) is 9.48. The summed E-state index contributed by atoms with van der Waals surface area (Å²) in [4.78, 5) is 55.5. The number of fused-ring (bicyclic) bond motifs is 1. The number of ether oxygens (including phenoxy) is 1. The molecular weight excluding hydrogens is 474 g/mol. The maximum absolute atomic E-state index is 13.2. The molecule has 4 amide bonds. The third kappa shape index (κ3) is 5.90. The molecule has 37 heavy (non-hydrogen) atoms. The number of piperidine rings is 1. The molecule has 4 rings (SSSR count). The van der Waals surface area contributed by atoms with E-state index in [0.29, 0.717) is 43.2 Å². The number of pyridine rings is 1. The van der Waals surface area contributed by atoms with Gasteiger partial charge in [0.25, 0.3) is 11.8 Å². The van der Waals surface area contributed by atoms with Crippen LogP contribution in [0.4, 0.5) is 5.69 Å². The van der Waals surface area contributed by atoms with E-state index in [9.17, 15) is 19.2 Å². The number of hydrogen-bond acceptors (Lipinski definition) is 7. The standard InChI is InChI=1S/C27H33N5O5/c1-2-4-24(26(35)30-17-33)32-16-21-20(27(32)36)5-3-6-23(21)31-12-9-18(10-13-31)11-14-37-19-7-8-22(25(28)34)29-15-19/h3,5-8,15,17-18,24H,2,4,9-14,16H2,1H3,(H2,28,34)(H,30,33,35). The van der Waals surface area contributed by atoms with Crippen molar-refractivity contribution in [3.05, 3.63) is 53.3 Å². The molecule has 1 saturated heterocycles. The highest BCUT2D eigenvalue weighted by molar-refractivity contribution is 6.03. The van der Waals surface area contributed by atoms with Crippen LogP contribution in [0.15, 0.2) is 36.5 Å². The first kappa shape index (κ1) is 26.1.